The molecule has 1 saturated carbocycles. The minimum absolute atomic E-state index is 0.598. The second-order valence-electron chi connectivity index (χ2n) is 5.85. The highest BCUT2D eigenvalue weighted by molar-refractivity contribution is 5.03. The lowest BCUT2D eigenvalue weighted by Crippen LogP contribution is -2.66. The first kappa shape index (κ1) is 10.1. The van der Waals surface area contributed by atoms with Crippen molar-refractivity contribution >= 4 is 0 Å². The molecule has 1 N–H and O–H groups in total. The number of hydrogen-bond donors (Lipinski definition) is 1. The van der Waals surface area contributed by atoms with Crippen molar-refractivity contribution in [1.29, 1.82) is 0 Å². The molecule has 3 aliphatic rings. The van der Waals surface area contributed by atoms with Gasteiger partial charge in [-0.1, -0.05) is 12.8 Å². The van der Waals surface area contributed by atoms with E-state index >= 15 is 0 Å². The summed E-state index contributed by atoms with van der Waals surface area (Å²) in [5.41, 5.74) is 0.598. The molecule has 2 heteroatoms. The Balaban J connectivity index is 1.56. The standard InChI is InChI=1S/C13H24N2/c1-2-5-12(4-1)10-15-9-7-13(15)6-3-8-14-11-13/h12,14H,1-11H2/t13-/m0/s1. The molecule has 0 amide bonds. The molecule has 2 saturated heterocycles. The van der Waals surface area contributed by atoms with Gasteiger partial charge in [-0.05, 0) is 44.6 Å². The van der Waals surface area contributed by atoms with Gasteiger partial charge in [-0.25, -0.2) is 0 Å². The minimum Gasteiger partial charge on any atom is -0.315 e. The van der Waals surface area contributed by atoms with Crippen LogP contribution in [0, 0.1) is 5.92 Å². The van der Waals surface area contributed by atoms with Crippen LogP contribution in [0.5, 0.6) is 0 Å². The van der Waals surface area contributed by atoms with Gasteiger partial charge in [0.25, 0.3) is 0 Å². The van der Waals surface area contributed by atoms with Crippen LogP contribution < -0.4 is 5.32 Å². The largest absolute Gasteiger partial charge is 0.315 e. The average molecular weight is 208 g/mol. The highest BCUT2D eigenvalue weighted by Gasteiger charge is 2.45. The molecular formula is C13H24N2. The van der Waals surface area contributed by atoms with Crippen LogP contribution in [0.4, 0.5) is 0 Å². The van der Waals surface area contributed by atoms with Crippen LogP contribution in [-0.4, -0.2) is 36.6 Å². The van der Waals surface area contributed by atoms with E-state index in [-0.39, 0.29) is 0 Å². The minimum atomic E-state index is 0.598. The van der Waals surface area contributed by atoms with E-state index in [0.717, 1.165) is 5.92 Å². The molecule has 0 unspecified atom stereocenters. The van der Waals surface area contributed by atoms with Crippen molar-refractivity contribution in [3.8, 4) is 0 Å². The molecule has 2 aliphatic heterocycles. The van der Waals surface area contributed by atoms with Gasteiger partial charge >= 0.3 is 0 Å². The van der Waals surface area contributed by atoms with E-state index in [1.165, 1.54) is 71.1 Å². The quantitative estimate of drug-likeness (QED) is 0.747. The maximum atomic E-state index is 3.59. The predicted octanol–water partition coefficient (Wildman–Crippen LogP) is 2.00. The van der Waals surface area contributed by atoms with Gasteiger partial charge in [0.15, 0.2) is 0 Å². The Morgan fingerprint density at radius 1 is 1.13 bits per heavy atom. The second-order valence-corrected chi connectivity index (χ2v) is 5.85. The van der Waals surface area contributed by atoms with Crippen molar-refractivity contribution in [1.82, 2.24) is 10.2 Å². The zero-order valence-corrected chi connectivity index (χ0v) is 9.80. The smallest absolute Gasteiger partial charge is 0.0346 e. The Morgan fingerprint density at radius 3 is 2.60 bits per heavy atom. The van der Waals surface area contributed by atoms with Crippen LogP contribution in [0.2, 0.25) is 0 Å². The van der Waals surface area contributed by atoms with Crippen molar-refractivity contribution in [3.63, 3.8) is 0 Å². The molecule has 3 rings (SSSR count). The maximum Gasteiger partial charge on any atom is 0.0346 e. The fourth-order valence-corrected chi connectivity index (χ4v) is 3.81. The third-order valence-corrected chi connectivity index (χ3v) is 4.92. The van der Waals surface area contributed by atoms with Gasteiger partial charge in [0.2, 0.25) is 0 Å². The molecule has 86 valence electrons. The van der Waals surface area contributed by atoms with Crippen molar-refractivity contribution in [2.75, 3.05) is 26.2 Å². The fraction of sp³-hybridized carbons (Fsp3) is 1.00. The normalized spacial score (nSPS) is 38.4. The molecule has 2 nitrogen and oxygen atoms in total. The lowest BCUT2D eigenvalue weighted by atomic mass is 9.77. The van der Waals surface area contributed by atoms with E-state index in [2.05, 4.69) is 10.2 Å². The van der Waals surface area contributed by atoms with Gasteiger partial charge < -0.3 is 5.32 Å². The molecular weight excluding hydrogens is 184 g/mol. The number of likely N-dealkylation sites (tertiary alicyclic amines) is 1. The number of rotatable bonds is 2. The van der Waals surface area contributed by atoms with E-state index in [1.807, 2.05) is 0 Å². The third kappa shape index (κ3) is 1.83. The van der Waals surface area contributed by atoms with E-state index in [0.29, 0.717) is 5.54 Å². The number of nitrogens with one attached hydrogen (secondary N) is 1. The van der Waals surface area contributed by atoms with Gasteiger partial charge in [-0.2, -0.15) is 0 Å². The number of piperidine rings is 1. The van der Waals surface area contributed by atoms with Gasteiger partial charge in [-0.3, -0.25) is 4.90 Å². The fourth-order valence-electron chi connectivity index (χ4n) is 3.81. The summed E-state index contributed by atoms with van der Waals surface area (Å²) in [6.45, 7) is 5.29. The monoisotopic (exact) mass is 208 g/mol. The van der Waals surface area contributed by atoms with Gasteiger partial charge in [-0.15, -0.1) is 0 Å². The molecule has 0 aromatic carbocycles. The Labute approximate surface area is 93.4 Å². The van der Waals surface area contributed by atoms with Crippen LogP contribution in [0.1, 0.15) is 44.9 Å². The van der Waals surface area contributed by atoms with Gasteiger partial charge in [0.1, 0.15) is 0 Å². The second kappa shape index (κ2) is 4.06. The summed E-state index contributed by atoms with van der Waals surface area (Å²) >= 11 is 0. The van der Waals surface area contributed by atoms with E-state index in [1.54, 1.807) is 0 Å². The molecule has 0 aromatic heterocycles. The molecule has 3 fully saturated rings. The Morgan fingerprint density at radius 2 is 2.00 bits per heavy atom. The van der Waals surface area contributed by atoms with Crippen molar-refractivity contribution in [3.05, 3.63) is 0 Å². The summed E-state index contributed by atoms with van der Waals surface area (Å²) in [6, 6.07) is 0. The molecule has 0 aromatic rings. The Hall–Kier alpha value is -0.0800. The summed E-state index contributed by atoms with van der Waals surface area (Å²) in [6.07, 6.45) is 10.3. The molecule has 0 bridgehead atoms. The lowest BCUT2D eigenvalue weighted by molar-refractivity contribution is -0.0414. The summed E-state index contributed by atoms with van der Waals surface area (Å²) in [4.78, 5) is 2.80. The molecule has 15 heavy (non-hydrogen) atoms. The number of nitrogens with zero attached hydrogens (tertiary/aromatic N) is 1. The molecule has 1 aliphatic carbocycles. The van der Waals surface area contributed by atoms with Crippen LogP contribution in [0.3, 0.4) is 0 Å². The van der Waals surface area contributed by atoms with E-state index in [9.17, 15) is 0 Å². The van der Waals surface area contributed by atoms with Crippen LogP contribution >= 0.6 is 0 Å². The van der Waals surface area contributed by atoms with Crippen molar-refractivity contribution in [2.45, 2.75) is 50.5 Å². The Kier molecular flexibility index (Phi) is 2.73. The van der Waals surface area contributed by atoms with E-state index in [4.69, 9.17) is 0 Å². The predicted molar refractivity (Wildman–Crippen MR) is 63.0 cm³/mol. The first-order valence-corrected chi connectivity index (χ1v) is 6.85. The lowest BCUT2D eigenvalue weighted by Gasteiger charge is -2.56. The maximum absolute atomic E-state index is 3.59. The highest BCUT2D eigenvalue weighted by Crippen LogP contribution is 2.38. The Bertz CT molecular complexity index is 215. The van der Waals surface area contributed by atoms with Crippen LogP contribution in [-0.2, 0) is 0 Å². The van der Waals surface area contributed by atoms with Gasteiger partial charge in [0, 0.05) is 25.2 Å². The SMILES string of the molecule is C1CCC(CN2CC[C@]23CCCNC3)C1. The van der Waals surface area contributed by atoms with Crippen LogP contribution in [0.15, 0.2) is 0 Å². The molecule has 2 heterocycles. The van der Waals surface area contributed by atoms with E-state index < -0.39 is 0 Å². The summed E-state index contributed by atoms with van der Waals surface area (Å²) in [7, 11) is 0. The summed E-state index contributed by atoms with van der Waals surface area (Å²) in [5.74, 6) is 1.03. The molecule has 1 spiro atoms. The third-order valence-electron chi connectivity index (χ3n) is 4.92. The molecule has 1 atom stereocenters. The average Bonchev–Trinajstić information content (AvgIpc) is 2.78. The first-order valence-electron chi connectivity index (χ1n) is 6.85. The zero-order valence-electron chi connectivity index (χ0n) is 9.80. The molecule has 0 radical (unpaired) electrons. The first-order chi connectivity index (χ1) is 7.39. The number of hydrogen-bond acceptors (Lipinski definition) is 2. The summed E-state index contributed by atoms with van der Waals surface area (Å²) in [5, 5.41) is 3.59. The van der Waals surface area contributed by atoms with Crippen LogP contribution in [0.25, 0.3) is 0 Å². The van der Waals surface area contributed by atoms with Gasteiger partial charge in [0.05, 0.1) is 0 Å². The van der Waals surface area contributed by atoms with Crippen molar-refractivity contribution in [2.24, 2.45) is 5.92 Å². The highest BCUT2D eigenvalue weighted by atomic mass is 15.3. The topological polar surface area (TPSA) is 15.3 Å². The summed E-state index contributed by atoms with van der Waals surface area (Å²) < 4.78 is 0. The zero-order chi connectivity index (χ0) is 10.1. The van der Waals surface area contributed by atoms with Crippen molar-refractivity contribution < 1.29 is 0 Å².